The van der Waals surface area contributed by atoms with E-state index < -0.39 is 38.1 Å². The largest absolute Gasteiger partial charge is 0.454 e. The number of hydrogen-bond acceptors (Lipinski definition) is 5. The number of halogens is 1. The molecular weight excluding hydrogens is 399 g/mol. The molecule has 2 N–H and O–H groups in total. The van der Waals surface area contributed by atoms with E-state index >= 15 is 0 Å². The van der Waals surface area contributed by atoms with Crippen LogP contribution < -0.4 is 19.5 Å². The maximum atomic E-state index is 13.8. The molecule has 1 heterocycles. The van der Waals surface area contributed by atoms with Gasteiger partial charge in [-0.2, -0.15) is 4.72 Å². The van der Waals surface area contributed by atoms with Crippen LogP contribution >= 0.6 is 0 Å². The first-order valence-electron chi connectivity index (χ1n) is 9.05. The van der Waals surface area contributed by atoms with Gasteiger partial charge in [-0.05, 0) is 36.8 Å². The Bertz CT molecular complexity index is 1020. The van der Waals surface area contributed by atoms with Gasteiger partial charge in [-0.15, -0.1) is 0 Å². The lowest BCUT2D eigenvalue weighted by Gasteiger charge is -2.27. The molecule has 0 saturated carbocycles. The third kappa shape index (κ3) is 4.68. The second-order valence-electron chi connectivity index (χ2n) is 7.44. The normalized spacial score (nSPS) is 14.5. The molecule has 2 aromatic rings. The summed E-state index contributed by atoms with van der Waals surface area (Å²) in [5, 5.41) is 2.75. The van der Waals surface area contributed by atoms with Gasteiger partial charge in [0.05, 0.1) is 6.04 Å². The summed E-state index contributed by atoms with van der Waals surface area (Å²) >= 11 is 0. The molecule has 9 heteroatoms. The number of hydrogen-bond donors (Lipinski definition) is 2. The maximum Gasteiger partial charge on any atom is 0.244 e. The maximum absolute atomic E-state index is 13.8. The molecule has 0 saturated heterocycles. The quantitative estimate of drug-likeness (QED) is 0.714. The van der Waals surface area contributed by atoms with Crippen molar-refractivity contribution >= 4 is 15.9 Å². The van der Waals surface area contributed by atoms with Crippen LogP contribution in [0.25, 0.3) is 0 Å². The smallest absolute Gasteiger partial charge is 0.244 e. The van der Waals surface area contributed by atoms with Gasteiger partial charge in [0.25, 0.3) is 0 Å². The number of nitrogens with one attached hydrogen (secondary N) is 2. The highest BCUT2D eigenvalue weighted by atomic mass is 32.2. The fourth-order valence-corrected chi connectivity index (χ4v) is 4.18. The van der Waals surface area contributed by atoms with Crippen molar-refractivity contribution in [3.8, 4) is 11.5 Å². The first kappa shape index (κ1) is 21.1. The van der Waals surface area contributed by atoms with Crippen molar-refractivity contribution in [2.45, 2.75) is 37.1 Å². The number of fused-ring (bicyclic) bond motifs is 1. The zero-order chi connectivity index (χ0) is 21.2. The zero-order valence-corrected chi connectivity index (χ0v) is 17.2. The van der Waals surface area contributed by atoms with Crippen LogP contribution in [0.2, 0.25) is 0 Å². The van der Waals surface area contributed by atoms with Crippen molar-refractivity contribution in [3.05, 3.63) is 53.8 Å². The van der Waals surface area contributed by atoms with E-state index in [1.54, 1.807) is 0 Å². The van der Waals surface area contributed by atoms with Crippen LogP contribution in [0.3, 0.4) is 0 Å². The molecule has 1 amide bonds. The highest BCUT2D eigenvalue weighted by molar-refractivity contribution is 7.89. The van der Waals surface area contributed by atoms with E-state index in [1.165, 1.54) is 19.1 Å². The second-order valence-corrected chi connectivity index (χ2v) is 9.13. The van der Waals surface area contributed by atoms with Crippen molar-refractivity contribution in [2.24, 2.45) is 0 Å². The van der Waals surface area contributed by atoms with Gasteiger partial charge in [0.1, 0.15) is 10.7 Å². The van der Waals surface area contributed by atoms with Crippen molar-refractivity contribution in [2.75, 3.05) is 13.3 Å². The highest BCUT2D eigenvalue weighted by Gasteiger charge is 2.28. The topological polar surface area (TPSA) is 93.7 Å². The van der Waals surface area contributed by atoms with Crippen LogP contribution in [0, 0.1) is 5.82 Å². The number of sulfonamides is 1. The van der Waals surface area contributed by atoms with Crippen LogP contribution in [-0.4, -0.2) is 33.7 Å². The standard InChI is InChI=1S/C20H23FN2O5S/c1-13(23-29(25,26)18-7-5-4-6-15(18)21)19(24)22-11-20(2,3)14-8-9-16-17(10-14)28-12-27-16/h4-10,13,23H,11-12H2,1-3H3,(H,22,24)/t13-/m0/s1. The Labute approximate surface area is 169 Å². The lowest BCUT2D eigenvalue weighted by Crippen LogP contribution is -2.47. The molecule has 1 aliphatic heterocycles. The Hall–Kier alpha value is -2.65. The number of ether oxygens (including phenoxy) is 2. The number of carbonyl (C=O) groups is 1. The summed E-state index contributed by atoms with van der Waals surface area (Å²) in [5.74, 6) is -0.0760. The van der Waals surface area contributed by atoms with Gasteiger partial charge >= 0.3 is 0 Å². The van der Waals surface area contributed by atoms with Gasteiger partial charge in [-0.3, -0.25) is 4.79 Å². The summed E-state index contributed by atoms with van der Waals surface area (Å²) in [6, 6.07) is 9.49. The summed E-state index contributed by atoms with van der Waals surface area (Å²) in [4.78, 5) is 11.9. The van der Waals surface area contributed by atoms with E-state index in [1.807, 2.05) is 32.0 Å². The Morgan fingerprint density at radius 2 is 1.86 bits per heavy atom. The van der Waals surface area contributed by atoms with Crippen molar-refractivity contribution < 1.29 is 27.1 Å². The average molecular weight is 422 g/mol. The third-order valence-electron chi connectivity index (χ3n) is 4.71. The number of carbonyl (C=O) groups excluding carboxylic acids is 1. The fourth-order valence-electron chi connectivity index (χ4n) is 2.89. The summed E-state index contributed by atoms with van der Waals surface area (Å²) < 4.78 is 51.4. The van der Waals surface area contributed by atoms with Gasteiger partial charge < -0.3 is 14.8 Å². The summed E-state index contributed by atoms with van der Waals surface area (Å²) in [6.45, 7) is 5.73. The molecule has 1 aliphatic rings. The van der Waals surface area contributed by atoms with Crippen molar-refractivity contribution in [3.63, 3.8) is 0 Å². The minimum absolute atomic E-state index is 0.176. The second kappa shape index (κ2) is 8.00. The first-order valence-corrected chi connectivity index (χ1v) is 10.5. The van der Waals surface area contributed by atoms with E-state index in [4.69, 9.17) is 9.47 Å². The molecule has 0 aliphatic carbocycles. The molecule has 0 spiro atoms. The minimum Gasteiger partial charge on any atom is -0.454 e. The lowest BCUT2D eigenvalue weighted by molar-refractivity contribution is -0.122. The molecule has 1 atom stereocenters. The van der Waals surface area contributed by atoms with Crippen LogP contribution in [0.1, 0.15) is 26.3 Å². The van der Waals surface area contributed by atoms with E-state index in [0.717, 1.165) is 17.7 Å². The number of benzene rings is 2. The molecule has 0 unspecified atom stereocenters. The minimum atomic E-state index is -4.16. The van der Waals surface area contributed by atoms with Crippen molar-refractivity contribution in [1.82, 2.24) is 10.0 Å². The molecule has 0 aromatic heterocycles. The van der Waals surface area contributed by atoms with Gasteiger partial charge in [-0.25, -0.2) is 12.8 Å². The molecule has 0 fully saturated rings. The molecule has 0 bridgehead atoms. The molecule has 2 aromatic carbocycles. The monoisotopic (exact) mass is 422 g/mol. The number of amides is 1. The summed E-state index contributed by atoms with van der Waals surface area (Å²) in [7, 11) is -4.16. The Kier molecular flexibility index (Phi) is 5.81. The summed E-state index contributed by atoms with van der Waals surface area (Å²) in [6.07, 6.45) is 0. The predicted octanol–water partition coefficient (Wildman–Crippen LogP) is 2.32. The lowest BCUT2D eigenvalue weighted by atomic mass is 9.84. The van der Waals surface area contributed by atoms with E-state index in [-0.39, 0.29) is 13.3 Å². The van der Waals surface area contributed by atoms with Gasteiger partial charge in [0, 0.05) is 12.0 Å². The predicted molar refractivity (Wildman–Crippen MR) is 105 cm³/mol. The Morgan fingerprint density at radius 1 is 1.17 bits per heavy atom. The molecule has 0 radical (unpaired) electrons. The van der Waals surface area contributed by atoms with Crippen LogP contribution in [0.5, 0.6) is 11.5 Å². The molecule has 3 rings (SSSR count). The third-order valence-corrected chi connectivity index (χ3v) is 6.28. The van der Waals surface area contributed by atoms with Gasteiger partial charge in [0.2, 0.25) is 22.7 Å². The molecule has 156 valence electrons. The summed E-state index contributed by atoms with van der Waals surface area (Å²) in [5.41, 5.74) is 0.488. The van der Waals surface area contributed by atoms with E-state index in [0.29, 0.717) is 11.5 Å². The Morgan fingerprint density at radius 3 is 2.59 bits per heavy atom. The Balaban J connectivity index is 1.63. The average Bonchev–Trinajstić information content (AvgIpc) is 3.13. The number of rotatable bonds is 7. The van der Waals surface area contributed by atoms with Gasteiger partial charge in [0.15, 0.2) is 11.5 Å². The van der Waals surface area contributed by atoms with Gasteiger partial charge in [-0.1, -0.05) is 32.0 Å². The molecule has 7 nitrogen and oxygen atoms in total. The van der Waals surface area contributed by atoms with E-state index in [9.17, 15) is 17.6 Å². The highest BCUT2D eigenvalue weighted by Crippen LogP contribution is 2.36. The zero-order valence-electron chi connectivity index (χ0n) is 16.4. The van der Waals surface area contributed by atoms with Crippen LogP contribution in [-0.2, 0) is 20.2 Å². The van der Waals surface area contributed by atoms with Crippen LogP contribution in [0.4, 0.5) is 4.39 Å². The van der Waals surface area contributed by atoms with E-state index in [2.05, 4.69) is 10.0 Å². The first-order chi connectivity index (χ1) is 13.6. The molecular formula is C20H23FN2O5S. The fraction of sp³-hybridized carbons (Fsp3) is 0.350. The van der Waals surface area contributed by atoms with Crippen LogP contribution in [0.15, 0.2) is 47.4 Å². The SMILES string of the molecule is C[C@H](NS(=O)(=O)c1ccccc1F)C(=O)NCC(C)(C)c1ccc2c(c1)OCO2. The van der Waals surface area contributed by atoms with Crippen molar-refractivity contribution in [1.29, 1.82) is 0 Å². The molecule has 29 heavy (non-hydrogen) atoms.